The van der Waals surface area contributed by atoms with Crippen molar-refractivity contribution >= 4 is 32.6 Å². The molecule has 2 aromatic carbocycles. The standard InChI is InChI=1S/C26H33N3O5S/c1-18(2)25(30)28-24(15-19-17-27-23-12-6-5-11-22(19)23)26(31)29(3)13-8-14-34-20-9-7-10-21(16-20)35(4,32)33/h5-7,9-12,16-18,24,27H,8,13-15H2,1-4H3,(H,28,30). The minimum atomic E-state index is -3.31. The van der Waals surface area contributed by atoms with Crippen LogP contribution in [0.2, 0.25) is 0 Å². The summed E-state index contributed by atoms with van der Waals surface area (Å²) in [6.07, 6.45) is 3.95. The first-order valence-electron chi connectivity index (χ1n) is 11.6. The van der Waals surface area contributed by atoms with Crippen molar-refractivity contribution in [1.82, 2.24) is 15.2 Å². The summed E-state index contributed by atoms with van der Waals surface area (Å²) in [5.41, 5.74) is 1.94. The molecular formula is C26H33N3O5S. The Bertz CT molecular complexity index is 1280. The number of aromatic nitrogens is 1. The van der Waals surface area contributed by atoms with Gasteiger partial charge in [-0.1, -0.05) is 38.1 Å². The van der Waals surface area contributed by atoms with Crippen LogP contribution in [0.5, 0.6) is 5.75 Å². The number of rotatable bonds is 11. The van der Waals surface area contributed by atoms with Gasteiger partial charge in [0.15, 0.2) is 9.84 Å². The molecule has 0 saturated heterocycles. The van der Waals surface area contributed by atoms with Crippen LogP contribution >= 0.6 is 0 Å². The number of likely N-dealkylation sites (N-methyl/N-ethyl adjacent to an activating group) is 1. The van der Waals surface area contributed by atoms with Crippen molar-refractivity contribution in [1.29, 1.82) is 0 Å². The molecule has 3 aromatic rings. The Morgan fingerprint density at radius 3 is 2.57 bits per heavy atom. The van der Waals surface area contributed by atoms with Crippen LogP contribution in [0.4, 0.5) is 0 Å². The Balaban J connectivity index is 1.62. The maximum Gasteiger partial charge on any atom is 0.245 e. The molecule has 0 aliphatic carbocycles. The van der Waals surface area contributed by atoms with Crippen molar-refractivity contribution in [2.24, 2.45) is 5.92 Å². The first kappa shape index (κ1) is 26.3. The third-order valence-corrected chi connectivity index (χ3v) is 6.86. The lowest BCUT2D eigenvalue weighted by Crippen LogP contribution is -2.49. The van der Waals surface area contributed by atoms with Crippen molar-refractivity contribution < 1.29 is 22.7 Å². The molecule has 188 valence electrons. The second-order valence-corrected chi connectivity index (χ2v) is 11.0. The Kier molecular flexibility index (Phi) is 8.56. The fourth-order valence-electron chi connectivity index (χ4n) is 3.72. The molecule has 2 N–H and O–H groups in total. The third-order valence-electron chi connectivity index (χ3n) is 5.75. The van der Waals surface area contributed by atoms with Gasteiger partial charge >= 0.3 is 0 Å². The number of fused-ring (bicyclic) bond motifs is 1. The van der Waals surface area contributed by atoms with E-state index in [-0.39, 0.29) is 22.6 Å². The molecule has 1 atom stereocenters. The van der Waals surface area contributed by atoms with Gasteiger partial charge in [0, 0.05) is 49.3 Å². The van der Waals surface area contributed by atoms with Crippen LogP contribution in [-0.2, 0) is 25.8 Å². The Hall–Kier alpha value is -3.33. The number of aromatic amines is 1. The fourth-order valence-corrected chi connectivity index (χ4v) is 4.38. The number of hydrogen-bond donors (Lipinski definition) is 2. The summed E-state index contributed by atoms with van der Waals surface area (Å²) in [5.74, 6) is -0.132. The summed E-state index contributed by atoms with van der Waals surface area (Å²) in [6, 6.07) is 13.5. The number of H-pyrrole nitrogens is 1. The van der Waals surface area contributed by atoms with Gasteiger partial charge in [-0.15, -0.1) is 0 Å². The van der Waals surface area contributed by atoms with E-state index in [1.807, 2.05) is 30.5 Å². The average molecular weight is 500 g/mol. The second-order valence-electron chi connectivity index (χ2n) is 8.99. The van der Waals surface area contributed by atoms with Crippen molar-refractivity contribution in [2.45, 2.75) is 37.6 Å². The molecule has 3 rings (SSSR count). The summed E-state index contributed by atoms with van der Waals surface area (Å²) in [4.78, 5) is 30.7. The van der Waals surface area contributed by atoms with E-state index in [9.17, 15) is 18.0 Å². The zero-order valence-corrected chi connectivity index (χ0v) is 21.4. The summed E-state index contributed by atoms with van der Waals surface area (Å²) < 4.78 is 29.1. The van der Waals surface area contributed by atoms with Gasteiger partial charge in [0.25, 0.3) is 0 Å². The van der Waals surface area contributed by atoms with E-state index in [1.165, 1.54) is 12.1 Å². The predicted molar refractivity (Wildman–Crippen MR) is 136 cm³/mol. The highest BCUT2D eigenvalue weighted by Crippen LogP contribution is 2.20. The molecule has 8 nitrogen and oxygen atoms in total. The molecule has 0 aliphatic heterocycles. The Labute approximate surface area is 206 Å². The number of sulfone groups is 1. The summed E-state index contributed by atoms with van der Waals surface area (Å²) in [6.45, 7) is 4.33. The first-order chi connectivity index (χ1) is 16.6. The quantitative estimate of drug-likeness (QED) is 0.394. The zero-order valence-electron chi connectivity index (χ0n) is 20.6. The number of para-hydroxylation sites is 1. The van der Waals surface area contributed by atoms with Gasteiger partial charge in [-0.3, -0.25) is 9.59 Å². The molecule has 1 aromatic heterocycles. The highest BCUT2D eigenvalue weighted by Gasteiger charge is 2.26. The van der Waals surface area contributed by atoms with E-state index in [0.717, 1.165) is 22.7 Å². The summed E-state index contributed by atoms with van der Waals surface area (Å²) >= 11 is 0. The van der Waals surface area contributed by atoms with E-state index in [2.05, 4.69) is 10.3 Å². The maximum atomic E-state index is 13.3. The topological polar surface area (TPSA) is 109 Å². The van der Waals surface area contributed by atoms with E-state index in [4.69, 9.17) is 4.74 Å². The van der Waals surface area contributed by atoms with Gasteiger partial charge < -0.3 is 19.9 Å². The molecule has 2 amide bonds. The third kappa shape index (κ3) is 7.08. The molecule has 1 heterocycles. The van der Waals surface area contributed by atoms with Crippen molar-refractivity contribution in [3.8, 4) is 5.75 Å². The Morgan fingerprint density at radius 1 is 1.11 bits per heavy atom. The fraction of sp³-hybridized carbons (Fsp3) is 0.385. The lowest BCUT2D eigenvalue weighted by molar-refractivity contribution is -0.136. The number of carbonyl (C=O) groups excluding carboxylic acids is 2. The largest absolute Gasteiger partial charge is 0.493 e. The van der Waals surface area contributed by atoms with Crippen LogP contribution < -0.4 is 10.1 Å². The number of hydrogen-bond acceptors (Lipinski definition) is 5. The smallest absolute Gasteiger partial charge is 0.245 e. The second kappa shape index (κ2) is 11.4. The molecule has 0 radical (unpaired) electrons. The number of nitrogens with zero attached hydrogens (tertiary/aromatic N) is 1. The molecule has 1 unspecified atom stereocenters. The van der Waals surface area contributed by atoms with Crippen molar-refractivity contribution in [3.05, 3.63) is 60.3 Å². The molecule has 35 heavy (non-hydrogen) atoms. The minimum Gasteiger partial charge on any atom is -0.493 e. The van der Waals surface area contributed by atoms with E-state index < -0.39 is 15.9 Å². The van der Waals surface area contributed by atoms with Crippen molar-refractivity contribution in [3.63, 3.8) is 0 Å². The highest BCUT2D eigenvalue weighted by atomic mass is 32.2. The number of ether oxygens (including phenoxy) is 1. The van der Waals surface area contributed by atoms with Gasteiger partial charge in [0.1, 0.15) is 11.8 Å². The number of benzene rings is 2. The molecule has 0 bridgehead atoms. The highest BCUT2D eigenvalue weighted by molar-refractivity contribution is 7.90. The molecule has 0 fully saturated rings. The SMILES string of the molecule is CC(C)C(=O)NC(Cc1c[nH]c2ccccc12)C(=O)N(C)CCCOc1cccc(S(C)(=O)=O)c1. The number of carbonyl (C=O) groups is 2. The first-order valence-corrected chi connectivity index (χ1v) is 13.5. The van der Waals surface area contributed by atoms with Gasteiger partial charge in [0.05, 0.1) is 11.5 Å². The van der Waals surface area contributed by atoms with Gasteiger partial charge in [0.2, 0.25) is 11.8 Å². The minimum absolute atomic E-state index is 0.175. The van der Waals surface area contributed by atoms with Crippen LogP contribution in [0.3, 0.4) is 0 Å². The summed E-state index contributed by atoms with van der Waals surface area (Å²) in [5, 5.41) is 3.93. The zero-order chi connectivity index (χ0) is 25.6. The van der Waals surface area contributed by atoms with Gasteiger partial charge in [-0.05, 0) is 36.2 Å². The van der Waals surface area contributed by atoms with E-state index in [0.29, 0.717) is 31.7 Å². The monoisotopic (exact) mass is 499 g/mol. The van der Waals surface area contributed by atoms with Crippen LogP contribution in [0, 0.1) is 5.92 Å². The lowest BCUT2D eigenvalue weighted by atomic mass is 10.0. The van der Waals surface area contributed by atoms with Crippen molar-refractivity contribution in [2.75, 3.05) is 26.5 Å². The summed E-state index contributed by atoms with van der Waals surface area (Å²) in [7, 11) is -1.61. The van der Waals surface area contributed by atoms with Crippen LogP contribution in [-0.4, -0.2) is 62.6 Å². The maximum absolute atomic E-state index is 13.3. The van der Waals surface area contributed by atoms with Crippen LogP contribution in [0.1, 0.15) is 25.8 Å². The Morgan fingerprint density at radius 2 is 1.86 bits per heavy atom. The number of amides is 2. The molecule has 0 spiro atoms. The average Bonchev–Trinajstić information content (AvgIpc) is 3.23. The lowest BCUT2D eigenvalue weighted by Gasteiger charge is -2.25. The van der Waals surface area contributed by atoms with E-state index in [1.54, 1.807) is 37.9 Å². The van der Waals surface area contributed by atoms with Crippen LogP contribution in [0.15, 0.2) is 59.6 Å². The number of nitrogens with one attached hydrogen (secondary N) is 2. The van der Waals surface area contributed by atoms with Gasteiger partial charge in [-0.25, -0.2) is 8.42 Å². The molecule has 0 saturated carbocycles. The molecular weight excluding hydrogens is 466 g/mol. The normalized spacial score (nSPS) is 12.5. The predicted octanol–water partition coefficient (Wildman–Crippen LogP) is 3.18. The molecule has 9 heteroatoms. The van der Waals surface area contributed by atoms with Crippen LogP contribution in [0.25, 0.3) is 10.9 Å². The molecule has 0 aliphatic rings. The van der Waals surface area contributed by atoms with E-state index >= 15 is 0 Å². The van der Waals surface area contributed by atoms with Gasteiger partial charge in [-0.2, -0.15) is 0 Å².